The fourth-order valence-corrected chi connectivity index (χ4v) is 2.85. The van der Waals surface area contributed by atoms with Gasteiger partial charge in [0.15, 0.2) is 0 Å². The van der Waals surface area contributed by atoms with Crippen molar-refractivity contribution in [2.24, 2.45) is 11.8 Å². The summed E-state index contributed by atoms with van der Waals surface area (Å²) < 4.78 is 0. The molecular formula is C14H23N3O. The molecule has 1 aliphatic carbocycles. The molecule has 2 rings (SSSR count). The van der Waals surface area contributed by atoms with Crippen molar-refractivity contribution in [3.05, 3.63) is 18.0 Å². The molecule has 1 heterocycles. The molecule has 0 bridgehead atoms. The van der Waals surface area contributed by atoms with Gasteiger partial charge in [0.05, 0.1) is 0 Å². The van der Waals surface area contributed by atoms with Gasteiger partial charge in [-0.2, -0.15) is 0 Å². The number of amides is 1. The highest BCUT2D eigenvalue weighted by Gasteiger charge is 2.18. The molecule has 1 fully saturated rings. The first-order chi connectivity index (χ1) is 8.65. The number of hydrogen-bond donors (Lipinski definition) is 3. The molecule has 1 aliphatic rings. The Labute approximate surface area is 108 Å². The lowest BCUT2D eigenvalue weighted by Gasteiger charge is -2.26. The Morgan fingerprint density at radius 1 is 1.56 bits per heavy atom. The lowest BCUT2D eigenvalue weighted by Crippen LogP contribution is -2.27. The number of nitrogens with one attached hydrogen (secondary N) is 2. The Hall–Kier alpha value is -1.45. The topological polar surface area (TPSA) is 70.9 Å². The van der Waals surface area contributed by atoms with Gasteiger partial charge >= 0.3 is 0 Å². The van der Waals surface area contributed by atoms with Crippen LogP contribution in [-0.4, -0.2) is 17.4 Å². The van der Waals surface area contributed by atoms with Crippen molar-refractivity contribution in [2.75, 3.05) is 12.3 Å². The average molecular weight is 249 g/mol. The quantitative estimate of drug-likeness (QED) is 0.767. The second-order valence-electron chi connectivity index (χ2n) is 5.53. The third kappa shape index (κ3) is 3.52. The van der Waals surface area contributed by atoms with E-state index in [-0.39, 0.29) is 5.91 Å². The third-order valence-electron chi connectivity index (χ3n) is 3.83. The van der Waals surface area contributed by atoms with Crippen molar-refractivity contribution >= 4 is 11.6 Å². The molecule has 0 spiro atoms. The van der Waals surface area contributed by atoms with Gasteiger partial charge < -0.3 is 16.0 Å². The Bertz CT molecular complexity index is 399. The molecule has 18 heavy (non-hydrogen) atoms. The van der Waals surface area contributed by atoms with Crippen LogP contribution in [-0.2, 0) is 0 Å². The average Bonchev–Trinajstić information content (AvgIpc) is 2.76. The largest absolute Gasteiger partial charge is 0.397 e. The standard InChI is InChI=1S/C14H23N3O/c1-10-3-2-4-11(7-10)5-6-16-14(18)13-8-12(15)9-17-13/h8-11,17H,2-7,15H2,1H3,(H,16,18). The molecule has 1 aromatic rings. The number of rotatable bonds is 4. The molecule has 4 N–H and O–H groups in total. The van der Waals surface area contributed by atoms with E-state index in [4.69, 9.17) is 5.73 Å². The molecule has 1 amide bonds. The monoisotopic (exact) mass is 249 g/mol. The molecule has 0 aromatic carbocycles. The second-order valence-corrected chi connectivity index (χ2v) is 5.53. The van der Waals surface area contributed by atoms with E-state index in [0.29, 0.717) is 11.4 Å². The number of nitrogens with two attached hydrogens (primary N) is 1. The van der Waals surface area contributed by atoms with E-state index in [1.807, 2.05) is 0 Å². The zero-order valence-corrected chi connectivity index (χ0v) is 11.0. The summed E-state index contributed by atoms with van der Waals surface area (Å²) in [6, 6.07) is 1.66. The minimum absolute atomic E-state index is 0.0597. The first kappa shape index (κ1) is 13.0. The summed E-state index contributed by atoms with van der Waals surface area (Å²) in [5.74, 6) is 1.57. The van der Waals surface area contributed by atoms with Crippen molar-refractivity contribution < 1.29 is 4.79 Å². The van der Waals surface area contributed by atoms with Crippen LogP contribution in [0.4, 0.5) is 5.69 Å². The number of carbonyl (C=O) groups is 1. The van der Waals surface area contributed by atoms with Gasteiger partial charge in [-0.3, -0.25) is 4.79 Å². The van der Waals surface area contributed by atoms with E-state index in [1.54, 1.807) is 12.3 Å². The Kier molecular flexibility index (Phi) is 4.28. The van der Waals surface area contributed by atoms with Gasteiger partial charge in [-0.15, -0.1) is 0 Å². The number of aromatic nitrogens is 1. The van der Waals surface area contributed by atoms with E-state index in [0.717, 1.165) is 24.8 Å². The third-order valence-corrected chi connectivity index (χ3v) is 3.83. The summed E-state index contributed by atoms with van der Waals surface area (Å²) in [6.45, 7) is 3.08. The number of nitrogen functional groups attached to an aromatic ring is 1. The minimum atomic E-state index is -0.0597. The van der Waals surface area contributed by atoms with Crippen LogP contribution in [0, 0.1) is 11.8 Å². The van der Waals surface area contributed by atoms with E-state index in [9.17, 15) is 4.79 Å². The highest BCUT2D eigenvalue weighted by molar-refractivity contribution is 5.93. The van der Waals surface area contributed by atoms with E-state index in [1.165, 1.54) is 25.7 Å². The summed E-state index contributed by atoms with van der Waals surface area (Å²) in [5.41, 5.74) is 6.71. The van der Waals surface area contributed by atoms with Crippen molar-refractivity contribution in [2.45, 2.75) is 39.0 Å². The minimum Gasteiger partial charge on any atom is -0.397 e. The maximum Gasteiger partial charge on any atom is 0.267 e. The van der Waals surface area contributed by atoms with Gasteiger partial charge in [0.1, 0.15) is 5.69 Å². The van der Waals surface area contributed by atoms with Gasteiger partial charge in [-0.05, 0) is 30.7 Å². The number of anilines is 1. The van der Waals surface area contributed by atoms with Crippen LogP contribution in [0.15, 0.2) is 12.3 Å². The maximum absolute atomic E-state index is 11.8. The van der Waals surface area contributed by atoms with Gasteiger partial charge in [-0.1, -0.05) is 26.2 Å². The zero-order chi connectivity index (χ0) is 13.0. The Balaban J connectivity index is 1.70. The van der Waals surface area contributed by atoms with Gasteiger partial charge in [-0.25, -0.2) is 0 Å². The smallest absolute Gasteiger partial charge is 0.267 e. The normalized spacial score (nSPS) is 23.8. The molecule has 2 atom stereocenters. The first-order valence-electron chi connectivity index (χ1n) is 6.87. The highest BCUT2D eigenvalue weighted by Crippen LogP contribution is 2.30. The Morgan fingerprint density at radius 3 is 3.06 bits per heavy atom. The van der Waals surface area contributed by atoms with Crippen LogP contribution in [0.5, 0.6) is 0 Å². The second kappa shape index (κ2) is 5.94. The highest BCUT2D eigenvalue weighted by atomic mass is 16.1. The Morgan fingerprint density at radius 2 is 2.39 bits per heavy atom. The summed E-state index contributed by atoms with van der Waals surface area (Å²) in [5, 5.41) is 2.95. The predicted octanol–water partition coefficient (Wildman–Crippen LogP) is 2.54. The molecule has 4 heteroatoms. The van der Waals surface area contributed by atoms with Crippen LogP contribution in [0.25, 0.3) is 0 Å². The fourth-order valence-electron chi connectivity index (χ4n) is 2.85. The lowest BCUT2D eigenvalue weighted by atomic mass is 9.81. The molecule has 0 radical (unpaired) electrons. The number of aromatic amines is 1. The molecule has 100 valence electrons. The van der Waals surface area contributed by atoms with E-state index >= 15 is 0 Å². The maximum atomic E-state index is 11.8. The van der Waals surface area contributed by atoms with Gasteiger partial charge in [0, 0.05) is 18.4 Å². The SMILES string of the molecule is CC1CCCC(CCNC(=O)c2cc(N)c[nH]2)C1. The molecule has 2 unspecified atom stereocenters. The van der Waals surface area contributed by atoms with E-state index in [2.05, 4.69) is 17.2 Å². The van der Waals surface area contributed by atoms with Crippen molar-refractivity contribution in [1.29, 1.82) is 0 Å². The molecule has 4 nitrogen and oxygen atoms in total. The van der Waals surface area contributed by atoms with Crippen molar-refractivity contribution in [3.63, 3.8) is 0 Å². The predicted molar refractivity (Wildman–Crippen MR) is 73.3 cm³/mol. The molecule has 0 saturated heterocycles. The fraction of sp³-hybridized carbons (Fsp3) is 0.643. The van der Waals surface area contributed by atoms with Crippen LogP contribution in [0.1, 0.15) is 49.5 Å². The molecule has 1 aromatic heterocycles. The first-order valence-corrected chi connectivity index (χ1v) is 6.87. The van der Waals surface area contributed by atoms with Crippen LogP contribution in [0.2, 0.25) is 0 Å². The summed E-state index contributed by atoms with van der Waals surface area (Å²) in [4.78, 5) is 14.6. The van der Waals surface area contributed by atoms with E-state index < -0.39 is 0 Å². The number of carbonyl (C=O) groups excluding carboxylic acids is 1. The van der Waals surface area contributed by atoms with Crippen molar-refractivity contribution in [3.8, 4) is 0 Å². The summed E-state index contributed by atoms with van der Waals surface area (Å²) in [7, 11) is 0. The summed E-state index contributed by atoms with van der Waals surface area (Å²) in [6.07, 6.45) is 8.06. The molecule has 0 aliphatic heterocycles. The van der Waals surface area contributed by atoms with Crippen molar-refractivity contribution in [1.82, 2.24) is 10.3 Å². The summed E-state index contributed by atoms with van der Waals surface area (Å²) >= 11 is 0. The van der Waals surface area contributed by atoms with Crippen LogP contribution >= 0.6 is 0 Å². The number of hydrogen-bond acceptors (Lipinski definition) is 2. The van der Waals surface area contributed by atoms with Gasteiger partial charge in [0.25, 0.3) is 5.91 Å². The van der Waals surface area contributed by atoms with Crippen LogP contribution < -0.4 is 11.1 Å². The lowest BCUT2D eigenvalue weighted by molar-refractivity contribution is 0.0945. The zero-order valence-electron chi connectivity index (χ0n) is 11.0. The molecule has 1 saturated carbocycles. The molecular weight excluding hydrogens is 226 g/mol. The number of H-pyrrole nitrogens is 1. The van der Waals surface area contributed by atoms with Crippen LogP contribution in [0.3, 0.4) is 0 Å². The van der Waals surface area contributed by atoms with Gasteiger partial charge in [0.2, 0.25) is 0 Å².